The first kappa shape index (κ1) is 19.4. The molecule has 0 aliphatic rings. The van der Waals surface area contributed by atoms with Crippen molar-refractivity contribution in [3.05, 3.63) is 75.5 Å². The maximum Gasteiger partial charge on any atom is 0.359 e. The molecule has 3 heterocycles. The minimum Gasteiger partial charge on any atom is -0.453 e. The second-order valence-corrected chi connectivity index (χ2v) is 7.61. The van der Waals surface area contributed by atoms with E-state index in [-0.39, 0.29) is 10.8 Å². The van der Waals surface area contributed by atoms with Crippen molar-refractivity contribution in [3.8, 4) is 5.69 Å². The first-order valence-electron chi connectivity index (χ1n) is 8.63. The quantitative estimate of drug-likeness (QED) is 0.341. The van der Waals surface area contributed by atoms with Gasteiger partial charge in [0.25, 0.3) is 0 Å². The Morgan fingerprint density at radius 1 is 1.28 bits per heavy atom. The Hall–Kier alpha value is -2.97. The van der Waals surface area contributed by atoms with Crippen molar-refractivity contribution in [2.45, 2.75) is 13.8 Å². The summed E-state index contributed by atoms with van der Waals surface area (Å²) >= 11 is 7.34. The van der Waals surface area contributed by atoms with E-state index in [0.29, 0.717) is 27.6 Å². The van der Waals surface area contributed by atoms with Gasteiger partial charge in [0, 0.05) is 28.5 Å². The van der Waals surface area contributed by atoms with Crippen molar-refractivity contribution in [3.63, 3.8) is 0 Å². The molecule has 9 heteroatoms. The fourth-order valence-corrected chi connectivity index (χ4v) is 4.28. The third-order valence-electron chi connectivity index (χ3n) is 4.57. The highest BCUT2D eigenvalue weighted by atomic mass is 35.5. The standard InChI is InChI=1S/C20H15ClFN3O3S/c1-11-9-13(12(2)25(11)15-6-4-3-5-14(15)22)16(26)10-28-19(27)17-18(21)23-20-24(17)7-8-29-20/h3-9H,10H2,1-2H3. The number of ketones is 1. The summed E-state index contributed by atoms with van der Waals surface area (Å²) in [4.78, 5) is 29.7. The van der Waals surface area contributed by atoms with Crippen LogP contribution in [0.5, 0.6) is 0 Å². The van der Waals surface area contributed by atoms with Crippen molar-refractivity contribution in [1.82, 2.24) is 14.0 Å². The number of nitrogens with zero attached hydrogens (tertiary/aromatic N) is 3. The Bertz CT molecular complexity index is 1260. The Balaban J connectivity index is 1.56. The molecular formula is C20H15ClFN3O3S. The molecule has 6 nitrogen and oxygen atoms in total. The number of thiazole rings is 1. The first-order chi connectivity index (χ1) is 13.9. The Morgan fingerprint density at radius 2 is 2.03 bits per heavy atom. The van der Waals surface area contributed by atoms with Crippen LogP contribution < -0.4 is 0 Å². The van der Waals surface area contributed by atoms with Crippen molar-refractivity contribution in [2.75, 3.05) is 6.61 Å². The van der Waals surface area contributed by atoms with Gasteiger partial charge < -0.3 is 9.30 Å². The molecule has 0 spiro atoms. The summed E-state index contributed by atoms with van der Waals surface area (Å²) in [7, 11) is 0. The predicted molar refractivity (Wildman–Crippen MR) is 108 cm³/mol. The lowest BCUT2D eigenvalue weighted by molar-refractivity contribution is 0.0468. The van der Waals surface area contributed by atoms with Crippen molar-refractivity contribution < 1.29 is 18.7 Å². The number of ether oxygens (including phenoxy) is 1. The SMILES string of the molecule is Cc1cc(C(=O)COC(=O)c2c(Cl)nc3sccn23)c(C)n1-c1ccccc1F. The lowest BCUT2D eigenvalue weighted by Crippen LogP contribution is -2.16. The Morgan fingerprint density at radius 3 is 2.79 bits per heavy atom. The minimum atomic E-state index is -0.739. The maximum atomic E-state index is 14.2. The zero-order chi connectivity index (χ0) is 20.7. The van der Waals surface area contributed by atoms with Gasteiger partial charge in [-0.25, -0.2) is 14.2 Å². The highest BCUT2D eigenvalue weighted by Crippen LogP contribution is 2.24. The van der Waals surface area contributed by atoms with Crippen molar-refractivity contribution in [1.29, 1.82) is 0 Å². The number of para-hydroxylation sites is 1. The van der Waals surface area contributed by atoms with Crippen LogP contribution in [0.25, 0.3) is 10.6 Å². The summed E-state index contributed by atoms with van der Waals surface area (Å²) in [5, 5.41) is 1.78. The number of fused-ring (bicyclic) bond motifs is 1. The molecule has 0 atom stereocenters. The van der Waals surface area contributed by atoms with Gasteiger partial charge in [-0.2, -0.15) is 0 Å². The number of esters is 1. The number of aryl methyl sites for hydroxylation is 1. The Kier molecular flexibility index (Phi) is 4.97. The number of hydrogen-bond donors (Lipinski definition) is 0. The zero-order valence-corrected chi connectivity index (χ0v) is 17.1. The van der Waals surface area contributed by atoms with E-state index in [2.05, 4.69) is 4.98 Å². The van der Waals surface area contributed by atoms with Crippen LogP contribution in [0.3, 0.4) is 0 Å². The van der Waals surface area contributed by atoms with E-state index >= 15 is 0 Å². The second-order valence-electron chi connectivity index (χ2n) is 6.38. The summed E-state index contributed by atoms with van der Waals surface area (Å²) in [6.45, 7) is 3.03. The number of benzene rings is 1. The monoisotopic (exact) mass is 431 g/mol. The molecule has 1 aromatic carbocycles. The van der Waals surface area contributed by atoms with Crippen LogP contribution in [-0.2, 0) is 4.74 Å². The molecule has 0 saturated carbocycles. The highest BCUT2D eigenvalue weighted by molar-refractivity contribution is 7.15. The zero-order valence-electron chi connectivity index (χ0n) is 15.5. The molecule has 4 rings (SSSR count). The number of imidazole rings is 1. The molecule has 0 fully saturated rings. The van der Waals surface area contributed by atoms with E-state index in [0.717, 1.165) is 0 Å². The summed E-state index contributed by atoms with van der Waals surface area (Å²) in [5.74, 6) is -1.52. The number of Topliss-reactive ketones (excluding diaryl/α,β-unsaturated/α-hetero) is 1. The van der Waals surface area contributed by atoms with Crippen LogP contribution in [0.15, 0.2) is 41.9 Å². The third kappa shape index (κ3) is 3.34. The number of halogens is 2. The number of carbonyl (C=O) groups is 2. The fourth-order valence-electron chi connectivity index (χ4n) is 3.27. The summed E-state index contributed by atoms with van der Waals surface area (Å²) in [6, 6.07) is 7.97. The van der Waals surface area contributed by atoms with E-state index < -0.39 is 24.2 Å². The lowest BCUT2D eigenvalue weighted by atomic mass is 10.1. The molecule has 0 aliphatic heterocycles. The largest absolute Gasteiger partial charge is 0.453 e. The third-order valence-corrected chi connectivity index (χ3v) is 5.59. The van der Waals surface area contributed by atoms with Gasteiger partial charge in [0.15, 0.2) is 22.4 Å². The lowest BCUT2D eigenvalue weighted by Gasteiger charge is -2.10. The fraction of sp³-hybridized carbons (Fsp3) is 0.150. The Labute approximate surface area is 174 Å². The average molecular weight is 432 g/mol. The van der Waals surface area contributed by atoms with E-state index in [9.17, 15) is 14.0 Å². The summed E-state index contributed by atoms with van der Waals surface area (Å²) < 4.78 is 22.6. The summed E-state index contributed by atoms with van der Waals surface area (Å²) in [5.41, 5.74) is 2.05. The highest BCUT2D eigenvalue weighted by Gasteiger charge is 2.23. The van der Waals surface area contributed by atoms with E-state index in [1.807, 2.05) is 0 Å². The van der Waals surface area contributed by atoms with E-state index in [1.165, 1.54) is 21.8 Å². The van der Waals surface area contributed by atoms with Gasteiger partial charge >= 0.3 is 5.97 Å². The van der Waals surface area contributed by atoms with Crippen LogP contribution in [-0.4, -0.2) is 32.3 Å². The topological polar surface area (TPSA) is 65.6 Å². The van der Waals surface area contributed by atoms with Gasteiger partial charge in [-0.15, -0.1) is 11.3 Å². The minimum absolute atomic E-state index is 0.0204. The van der Waals surface area contributed by atoms with Crippen LogP contribution in [0.1, 0.15) is 32.2 Å². The molecule has 0 aliphatic carbocycles. The second kappa shape index (κ2) is 7.46. The molecular weight excluding hydrogens is 417 g/mol. The van der Waals surface area contributed by atoms with Crippen LogP contribution in [0, 0.1) is 19.7 Å². The molecule has 3 aromatic heterocycles. The number of aromatic nitrogens is 3. The van der Waals surface area contributed by atoms with Gasteiger partial charge in [0.2, 0.25) is 5.78 Å². The molecule has 0 unspecified atom stereocenters. The predicted octanol–water partition coefficient (Wildman–Crippen LogP) is 4.64. The average Bonchev–Trinajstić information content (AvgIpc) is 3.33. The molecule has 0 saturated heterocycles. The molecule has 29 heavy (non-hydrogen) atoms. The van der Waals surface area contributed by atoms with E-state index in [4.69, 9.17) is 16.3 Å². The summed E-state index contributed by atoms with van der Waals surface area (Å²) in [6.07, 6.45) is 1.65. The smallest absolute Gasteiger partial charge is 0.359 e. The molecule has 0 amide bonds. The van der Waals surface area contributed by atoms with Crippen LogP contribution in [0.4, 0.5) is 4.39 Å². The first-order valence-corrected chi connectivity index (χ1v) is 9.89. The molecule has 148 valence electrons. The maximum absolute atomic E-state index is 14.2. The molecule has 0 bridgehead atoms. The number of rotatable bonds is 5. The normalized spacial score (nSPS) is 11.2. The van der Waals surface area contributed by atoms with Crippen molar-refractivity contribution >= 4 is 39.7 Å². The van der Waals surface area contributed by atoms with Crippen LogP contribution in [0.2, 0.25) is 5.15 Å². The van der Waals surface area contributed by atoms with Gasteiger partial charge in [0.05, 0.1) is 5.69 Å². The molecule has 0 radical (unpaired) electrons. The van der Waals surface area contributed by atoms with Crippen LogP contribution >= 0.6 is 22.9 Å². The van der Waals surface area contributed by atoms with Crippen molar-refractivity contribution in [2.24, 2.45) is 0 Å². The number of hydrogen-bond acceptors (Lipinski definition) is 5. The van der Waals surface area contributed by atoms with E-state index in [1.54, 1.807) is 54.3 Å². The van der Waals surface area contributed by atoms with Gasteiger partial charge in [-0.1, -0.05) is 23.7 Å². The molecule has 4 aromatic rings. The van der Waals surface area contributed by atoms with Gasteiger partial charge in [-0.3, -0.25) is 9.20 Å². The number of carbonyl (C=O) groups excluding carboxylic acids is 2. The van der Waals surface area contributed by atoms with Gasteiger partial charge in [0.1, 0.15) is 5.82 Å². The molecule has 0 N–H and O–H groups in total. The van der Waals surface area contributed by atoms with Gasteiger partial charge in [-0.05, 0) is 32.0 Å².